The molecule has 0 saturated heterocycles. The van der Waals surface area contributed by atoms with Gasteiger partial charge in [-0.1, -0.05) is 15.9 Å². The van der Waals surface area contributed by atoms with Crippen molar-refractivity contribution >= 4 is 21.6 Å². The van der Waals surface area contributed by atoms with E-state index >= 15 is 0 Å². The van der Waals surface area contributed by atoms with Crippen molar-refractivity contribution in [1.82, 2.24) is 10.2 Å². The maximum Gasteiger partial charge on any atom is 0.314 e. The molecule has 16 heavy (non-hydrogen) atoms. The minimum atomic E-state index is -2.81. The lowest BCUT2D eigenvalue weighted by Gasteiger charge is -1.93. The van der Waals surface area contributed by atoms with E-state index in [1.807, 2.05) is 0 Å². The lowest BCUT2D eigenvalue weighted by molar-refractivity contribution is 0.114. The molecule has 0 spiro atoms. The molecular weight excluding hydrogens is 286 g/mol. The summed E-state index contributed by atoms with van der Waals surface area (Å²) in [4.78, 5) is 0. The lowest BCUT2D eigenvalue weighted by atomic mass is 10.3. The summed E-state index contributed by atoms with van der Waals surface area (Å²) >= 11 is 3.13. The molecule has 5 nitrogen and oxygen atoms in total. The Labute approximate surface area is 98.3 Å². The summed E-state index contributed by atoms with van der Waals surface area (Å²) in [5.74, 6) is -0.919. The largest absolute Gasteiger partial charge is 0.414 e. The van der Waals surface area contributed by atoms with Gasteiger partial charge in [0.05, 0.1) is 5.70 Å². The van der Waals surface area contributed by atoms with Crippen LogP contribution in [0.15, 0.2) is 22.3 Å². The van der Waals surface area contributed by atoms with Gasteiger partial charge in [-0.15, -0.1) is 10.2 Å². The number of nitrogens with two attached hydrogens (primary N) is 2. The van der Waals surface area contributed by atoms with Gasteiger partial charge in [0.1, 0.15) is 0 Å². The van der Waals surface area contributed by atoms with E-state index in [9.17, 15) is 8.78 Å². The molecule has 4 N–H and O–H groups in total. The normalized spacial score (nSPS) is 13.5. The van der Waals surface area contributed by atoms with Crippen LogP contribution in [0.4, 0.5) is 8.78 Å². The van der Waals surface area contributed by atoms with Gasteiger partial charge >= 0.3 is 6.43 Å². The van der Waals surface area contributed by atoms with Crippen LogP contribution >= 0.6 is 15.9 Å². The molecule has 1 aromatic heterocycles. The molecule has 1 aromatic rings. The van der Waals surface area contributed by atoms with Gasteiger partial charge in [0, 0.05) is 11.0 Å². The summed E-state index contributed by atoms with van der Waals surface area (Å²) in [5.41, 5.74) is 11.6. The Balaban J connectivity index is 2.84. The van der Waals surface area contributed by atoms with Gasteiger partial charge in [-0.05, 0) is 12.2 Å². The fourth-order valence-corrected chi connectivity index (χ4v) is 0.939. The number of rotatable bonds is 4. The second-order valence-corrected chi connectivity index (χ2v) is 3.30. The lowest BCUT2D eigenvalue weighted by Crippen LogP contribution is -1.99. The molecule has 0 aromatic carbocycles. The molecule has 0 atom stereocenters. The summed E-state index contributed by atoms with van der Waals surface area (Å²) in [5, 5.41) is 6.98. The van der Waals surface area contributed by atoms with E-state index in [1.54, 1.807) is 0 Å². The molecule has 0 amide bonds. The first kappa shape index (κ1) is 12.6. The summed E-state index contributed by atoms with van der Waals surface area (Å²) in [7, 11) is 0. The highest BCUT2D eigenvalue weighted by molar-refractivity contribution is 9.09. The molecule has 0 aliphatic heterocycles. The van der Waals surface area contributed by atoms with E-state index in [0.29, 0.717) is 11.0 Å². The maximum absolute atomic E-state index is 12.1. The van der Waals surface area contributed by atoms with Crippen LogP contribution in [0.1, 0.15) is 18.2 Å². The fraction of sp³-hybridized carbons (Fsp3) is 0.250. The number of alkyl halides is 3. The van der Waals surface area contributed by atoms with E-state index in [0.717, 1.165) is 0 Å². The van der Waals surface area contributed by atoms with Crippen LogP contribution in [-0.4, -0.2) is 15.5 Å². The zero-order valence-corrected chi connectivity index (χ0v) is 9.62. The van der Waals surface area contributed by atoms with Crippen LogP contribution in [0.25, 0.3) is 5.70 Å². The van der Waals surface area contributed by atoms with Gasteiger partial charge in [0.2, 0.25) is 0 Å². The van der Waals surface area contributed by atoms with Crippen LogP contribution in [0.5, 0.6) is 0 Å². The summed E-state index contributed by atoms with van der Waals surface area (Å²) in [6.45, 7) is 0. The van der Waals surface area contributed by atoms with E-state index in [-0.39, 0.29) is 11.6 Å². The highest BCUT2D eigenvalue weighted by Gasteiger charge is 2.16. The molecule has 0 radical (unpaired) electrons. The van der Waals surface area contributed by atoms with Crippen molar-refractivity contribution in [2.24, 2.45) is 11.5 Å². The van der Waals surface area contributed by atoms with Crippen LogP contribution in [-0.2, 0) is 0 Å². The van der Waals surface area contributed by atoms with Crippen molar-refractivity contribution in [3.05, 3.63) is 29.6 Å². The van der Waals surface area contributed by atoms with Crippen molar-refractivity contribution in [2.45, 2.75) is 6.43 Å². The average molecular weight is 295 g/mol. The monoisotopic (exact) mass is 294 g/mol. The maximum atomic E-state index is 12.1. The van der Waals surface area contributed by atoms with Crippen molar-refractivity contribution in [2.75, 3.05) is 5.33 Å². The Bertz CT molecular complexity index is 416. The Morgan fingerprint density at radius 3 is 2.56 bits per heavy atom. The van der Waals surface area contributed by atoms with E-state index in [2.05, 4.69) is 30.5 Å². The highest BCUT2D eigenvalue weighted by atomic mass is 79.9. The average Bonchev–Trinajstić information content (AvgIpc) is 2.74. The van der Waals surface area contributed by atoms with Crippen molar-refractivity contribution in [3.8, 4) is 0 Å². The SMILES string of the molecule is N/C(=C\C=C(/N)c1nnc(C(F)F)o1)CBr. The fourth-order valence-electron chi connectivity index (χ4n) is 0.752. The Morgan fingerprint density at radius 1 is 1.38 bits per heavy atom. The molecule has 1 heterocycles. The second kappa shape index (κ2) is 5.59. The third-order valence-electron chi connectivity index (χ3n) is 1.51. The third kappa shape index (κ3) is 3.30. The summed E-state index contributed by atoms with van der Waals surface area (Å²) in [6.07, 6.45) is 0.104. The van der Waals surface area contributed by atoms with Gasteiger partial charge in [0.15, 0.2) is 0 Å². The van der Waals surface area contributed by atoms with Crippen LogP contribution < -0.4 is 11.5 Å². The molecule has 0 saturated carbocycles. The molecule has 0 unspecified atom stereocenters. The Hall–Kier alpha value is -1.44. The van der Waals surface area contributed by atoms with E-state index < -0.39 is 12.3 Å². The van der Waals surface area contributed by atoms with Gasteiger partial charge < -0.3 is 15.9 Å². The minimum Gasteiger partial charge on any atom is -0.414 e. The van der Waals surface area contributed by atoms with Crippen LogP contribution in [0, 0.1) is 0 Å². The smallest absolute Gasteiger partial charge is 0.314 e. The number of halogens is 3. The first-order valence-electron chi connectivity index (χ1n) is 4.14. The minimum absolute atomic E-state index is 0.0725. The van der Waals surface area contributed by atoms with E-state index in [4.69, 9.17) is 11.5 Å². The van der Waals surface area contributed by atoms with Gasteiger partial charge in [-0.3, -0.25) is 0 Å². The van der Waals surface area contributed by atoms with Crippen LogP contribution in [0.2, 0.25) is 0 Å². The van der Waals surface area contributed by atoms with Crippen molar-refractivity contribution < 1.29 is 13.2 Å². The molecule has 0 fully saturated rings. The quantitative estimate of drug-likeness (QED) is 0.649. The van der Waals surface area contributed by atoms with Crippen molar-refractivity contribution in [1.29, 1.82) is 0 Å². The number of nitrogens with zero attached hydrogens (tertiary/aromatic N) is 2. The number of aromatic nitrogens is 2. The zero-order chi connectivity index (χ0) is 12.1. The third-order valence-corrected chi connectivity index (χ3v) is 2.15. The molecular formula is C8H9BrF2N4O. The molecule has 88 valence electrons. The molecule has 0 aliphatic rings. The standard InChI is InChI=1S/C8H9BrF2N4O/c9-3-4(12)1-2-5(13)7-14-15-8(16-7)6(10)11/h1-2,6H,3,12-13H2/b4-1-,5-2-. The van der Waals surface area contributed by atoms with Gasteiger partial charge in [-0.25, -0.2) is 0 Å². The Morgan fingerprint density at radius 2 is 2.06 bits per heavy atom. The second-order valence-electron chi connectivity index (χ2n) is 2.74. The molecule has 1 rings (SSSR count). The molecule has 0 aliphatic carbocycles. The van der Waals surface area contributed by atoms with E-state index in [1.165, 1.54) is 12.2 Å². The summed E-state index contributed by atoms with van der Waals surface area (Å²) in [6, 6.07) is 0. The van der Waals surface area contributed by atoms with Crippen LogP contribution in [0.3, 0.4) is 0 Å². The first-order chi connectivity index (χ1) is 7.54. The summed E-state index contributed by atoms with van der Waals surface area (Å²) < 4.78 is 28.9. The first-order valence-corrected chi connectivity index (χ1v) is 5.26. The predicted octanol–water partition coefficient (Wildman–Crippen LogP) is 1.54. The van der Waals surface area contributed by atoms with Gasteiger partial charge in [-0.2, -0.15) is 8.78 Å². The van der Waals surface area contributed by atoms with Gasteiger partial charge in [0.25, 0.3) is 11.8 Å². The number of hydrogen-bond donors (Lipinski definition) is 2. The number of allylic oxidation sites excluding steroid dienone is 3. The zero-order valence-electron chi connectivity index (χ0n) is 8.03. The molecule has 8 heteroatoms. The highest BCUT2D eigenvalue weighted by Crippen LogP contribution is 2.18. The Kier molecular flexibility index (Phi) is 4.41. The van der Waals surface area contributed by atoms with Crippen molar-refractivity contribution in [3.63, 3.8) is 0 Å². The molecule has 0 bridgehead atoms. The topological polar surface area (TPSA) is 91.0 Å². The number of hydrogen-bond acceptors (Lipinski definition) is 5. The predicted molar refractivity (Wildman–Crippen MR) is 57.5 cm³/mol.